The fourth-order valence-electron chi connectivity index (χ4n) is 0.967. The monoisotopic (exact) mass is 170 g/mol. The van der Waals surface area contributed by atoms with Gasteiger partial charge in [-0.3, -0.25) is 11.3 Å². The van der Waals surface area contributed by atoms with E-state index in [9.17, 15) is 9.50 Å². The first-order valence-corrected chi connectivity index (χ1v) is 3.61. The number of nitrogens with one attached hydrogen (secondary N) is 1. The molecule has 0 radical (unpaired) electrons. The molecule has 0 saturated carbocycles. The Morgan fingerprint density at radius 2 is 2.17 bits per heavy atom. The van der Waals surface area contributed by atoms with Gasteiger partial charge in [-0.2, -0.15) is 0 Å². The highest BCUT2D eigenvalue weighted by atomic mass is 19.1. The minimum absolute atomic E-state index is 0.140. The van der Waals surface area contributed by atoms with Crippen LogP contribution in [0.2, 0.25) is 0 Å². The zero-order chi connectivity index (χ0) is 8.97. The van der Waals surface area contributed by atoms with Crippen molar-refractivity contribution in [2.24, 2.45) is 5.84 Å². The molecular weight excluding hydrogens is 159 g/mol. The van der Waals surface area contributed by atoms with E-state index in [1.165, 1.54) is 12.1 Å². The highest BCUT2D eigenvalue weighted by Crippen LogP contribution is 2.14. The Morgan fingerprint density at radius 3 is 2.75 bits per heavy atom. The highest BCUT2D eigenvalue weighted by Gasteiger charge is 2.10. The van der Waals surface area contributed by atoms with E-state index in [2.05, 4.69) is 5.43 Å². The van der Waals surface area contributed by atoms with Crippen LogP contribution < -0.4 is 11.3 Å². The molecule has 1 aromatic rings. The van der Waals surface area contributed by atoms with Gasteiger partial charge in [0, 0.05) is 12.1 Å². The number of aliphatic hydroxyl groups is 1. The van der Waals surface area contributed by atoms with Crippen molar-refractivity contribution >= 4 is 0 Å². The molecule has 12 heavy (non-hydrogen) atoms. The lowest BCUT2D eigenvalue weighted by atomic mass is 10.1. The molecule has 1 atom stereocenters. The molecular formula is C8H11FN2O. The van der Waals surface area contributed by atoms with Crippen LogP contribution in [0.5, 0.6) is 0 Å². The fraction of sp³-hybridized carbons (Fsp3) is 0.250. The molecule has 4 heteroatoms. The number of rotatable bonds is 3. The van der Waals surface area contributed by atoms with Gasteiger partial charge < -0.3 is 5.11 Å². The van der Waals surface area contributed by atoms with Gasteiger partial charge in [0.05, 0.1) is 6.10 Å². The number of nitrogens with two attached hydrogens (primary N) is 1. The summed E-state index contributed by atoms with van der Waals surface area (Å²) in [6.07, 6.45) is -0.892. The second-order valence-electron chi connectivity index (χ2n) is 2.45. The van der Waals surface area contributed by atoms with Crippen molar-refractivity contribution in [3.8, 4) is 0 Å². The van der Waals surface area contributed by atoms with Crippen LogP contribution in [0.3, 0.4) is 0 Å². The van der Waals surface area contributed by atoms with Crippen LogP contribution in [0, 0.1) is 5.82 Å². The standard InChI is InChI=1S/C8H11FN2O/c9-7-4-2-1-3-6(7)8(12)5-11-10/h1-4,8,11-12H,5,10H2. The predicted octanol–water partition coefficient (Wildman–Crippen LogP) is 0.322. The molecule has 0 bridgehead atoms. The molecule has 0 saturated heterocycles. The van der Waals surface area contributed by atoms with Crippen molar-refractivity contribution in [3.63, 3.8) is 0 Å². The minimum atomic E-state index is -0.892. The van der Waals surface area contributed by atoms with Gasteiger partial charge in [0.1, 0.15) is 5.82 Å². The summed E-state index contributed by atoms with van der Waals surface area (Å²) in [6, 6.07) is 6.06. The van der Waals surface area contributed by atoms with Gasteiger partial charge in [0.15, 0.2) is 0 Å². The Hall–Kier alpha value is -0.970. The van der Waals surface area contributed by atoms with Crippen LogP contribution in [0.1, 0.15) is 11.7 Å². The molecule has 1 rings (SSSR count). The number of halogens is 1. The Morgan fingerprint density at radius 1 is 1.50 bits per heavy atom. The number of hydrogen-bond acceptors (Lipinski definition) is 3. The van der Waals surface area contributed by atoms with Crippen molar-refractivity contribution in [1.82, 2.24) is 5.43 Å². The lowest BCUT2D eigenvalue weighted by molar-refractivity contribution is 0.170. The van der Waals surface area contributed by atoms with Gasteiger partial charge in [-0.05, 0) is 6.07 Å². The summed E-state index contributed by atoms with van der Waals surface area (Å²) in [5.41, 5.74) is 2.54. The number of hydrazine groups is 1. The molecule has 0 amide bonds. The van der Waals surface area contributed by atoms with Crippen LogP contribution in [-0.4, -0.2) is 11.7 Å². The summed E-state index contributed by atoms with van der Waals surface area (Å²) in [5.74, 6) is 4.57. The average Bonchev–Trinajstić information content (AvgIpc) is 2.05. The number of aliphatic hydroxyl groups excluding tert-OH is 1. The quantitative estimate of drug-likeness (QED) is 0.452. The van der Waals surface area contributed by atoms with Crippen molar-refractivity contribution < 1.29 is 9.50 Å². The van der Waals surface area contributed by atoms with E-state index in [4.69, 9.17) is 5.84 Å². The number of benzene rings is 1. The summed E-state index contributed by atoms with van der Waals surface area (Å²) >= 11 is 0. The zero-order valence-corrected chi connectivity index (χ0v) is 6.50. The highest BCUT2D eigenvalue weighted by molar-refractivity contribution is 5.19. The third kappa shape index (κ3) is 2.01. The van der Waals surface area contributed by atoms with Gasteiger partial charge in [0.25, 0.3) is 0 Å². The van der Waals surface area contributed by atoms with Gasteiger partial charge in [-0.25, -0.2) is 4.39 Å². The van der Waals surface area contributed by atoms with E-state index in [1.54, 1.807) is 12.1 Å². The third-order valence-corrected chi connectivity index (χ3v) is 1.58. The van der Waals surface area contributed by atoms with Gasteiger partial charge in [-0.1, -0.05) is 18.2 Å². The van der Waals surface area contributed by atoms with Crippen molar-refractivity contribution in [2.45, 2.75) is 6.10 Å². The van der Waals surface area contributed by atoms with Gasteiger partial charge in [0.2, 0.25) is 0 Å². The molecule has 0 aliphatic rings. The average molecular weight is 170 g/mol. The maximum absolute atomic E-state index is 12.9. The minimum Gasteiger partial charge on any atom is -0.387 e. The lowest BCUT2D eigenvalue weighted by Gasteiger charge is -2.10. The van der Waals surface area contributed by atoms with E-state index in [-0.39, 0.29) is 12.1 Å². The largest absolute Gasteiger partial charge is 0.387 e. The maximum atomic E-state index is 12.9. The molecule has 0 spiro atoms. The maximum Gasteiger partial charge on any atom is 0.129 e. The van der Waals surface area contributed by atoms with E-state index in [1.807, 2.05) is 0 Å². The Bertz CT molecular complexity index is 255. The second kappa shape index (κ2) is 4.15. The molecule has 66 valence electrons. The number of hydrogen-bond donors (Lipinski definition) is 3. The van der Waals surface area contributed by atoms with Gasteiger partial charge >= 0.3 is 0 Å². The summed E-state index contributed by atoms with van der Waals surface area (Å²) in [7, 11) is 0. The van der Waals surface area contributed by atoms with Crippen molar-refractivity contribution in [3.05, 3.63) is 35.6 Å². The molecule has 0 fully saturated rings. The Kier molecular flexibility index (Phi) is 3.16. The Balaban J connectivity index is 2.79. The predicted molar refractivity (Wildman–Crippen MR) is 43.5 cm³/mol. The molecule has 0 aromatic heterocycles. The van der Waals surface area contributed by atoms with Gasteiger partial charge in [-0.15, -0.1) is 0 Å². The Labute approximate surface area is 70.0 Å². The fourth-order valence-corrected chi connectivity index (χ4v) is 0.967. The molecule has 0 aliphatic heterocycles. The van der Waals surface area contributed by atoms with Crippen molar-refractivity contribution in [2.75, 3.05) is 6.54 Å². The molecule has 3 nitrogen and oxygen atoms in total. The van der Waals surface area contributed by atoms with E-state index >= 15 is 0 Å². The smallest absolute Gasteiger partial charge is 0.129 e. The molecule has 0 heterocycles. The lowest BCUT2D eigenvalue weighted by Crippen LogP contribution is -2.28. The second-order valence-corrected chi connectivity index (χ2v) is 2.45. The first-order chi connectivity index (χ1) is 5.75. The summed E-state index contributed by atoms with van der Waals surface area (Å²) in [5, 5.41) is 9.32. The SMILES string of the molecule is NNCC(O)c1ccccc1F. The van der Waals surface area contributed by atoms with E-state index in [0.717, 1.165) is 0 Å². The van der Waals surface area contributed by atoms with Crippen LogP contribution in [-0.2, 0) is 0 Å². The molecule has 1 unspecified atom stereocenters. The van der Waals surface area contributed by atoms with Crippen LogP contribution >= 0.6 is 0 Å². The summed E-state index contributed by atoms with van der Waals surface area (Å²) < 4.78 is 12.9. The first-order valence-electron chi connectivity index (χ1n) is 3.61. The van der Waals surface area contributed by atoms with Crippen LogP contribution in [0.4, 0.5) is 4.39 Å². The van der Waals surface area contributed by atoms with Crippen LogP contribution in [0.25, 0.3) is 0 Å². The van der Waals surface area contributed by atoms with Crippen molar-refractivity contribution in [1.29, 1.82) is 0 Å². The zero-order valence-electron chi connectivity index (χ0n) is 6.50. The topological polar surface area (TPSA) is 58.3 Å². The third-order valence-electron chi connectivity index (χ3n) is 1.58. The normalized spacial score (nSPS) is 12.9. The first kappa shape index (κ1) is 9.12. The summed E-state index contributed by atoms with van der Waals surface area (Å²) in [4.78, 5) is 0. The molecule has 1 aromatic carbocycles. The molecule has 4 N–H and O–H groups in total. The van der Waals surface area contributed by atoms with E-state index in [0.29, 0.717) is 0 Å². The van der Waals surface area contributed by atoms with E-state index < -0.39 is 11.9 Å². The van der Waals surface area contributed by atoms with Crippen LogP contribution in [0.15, 0.2) is 24.3 Å². The molecule has 0 aliphatic carbocycles. The summed E-state index contributed by atoms with van der Waals surface area (Å²) in [6.45, 7) is 0.140.